The normalized spacial score (nSPS) is 24.9. The lowest BCUT2D eigenvalue weighted by Crippen LogP contribution is -2.52. The van der Waals surface area contributed by atoms with E-state index < -0.39 is 6.04 Å². The van der Waals surface area contributed by atoms with E-state index in [2.05, 4.69) is 29.2 Å². The number of rotatable bonds is 5. The van der Waals surface area contributed by atoms with E-state index >= 15 is 0 Å². The van der Waals surface area contributed by atoms with Crippen LogP contribution in [0.5, 0.6) is 0 Å². The number of hydrogen-bond acceptors (Lipinski definition) is 4. The molecular weight excluding hydrogens is 336 g/mol. The Bertz CT molecular complexity index is 754. The molecule has 3 heterocycles. The van der Waals surface area contributed by atoms with Gasteiger partial charge in [0.15, 0.2) is 6.04 Å². The van der Waals surface area contributed by atoms with Gasteiger partial charge in [-0.25, -0.2) is 4.79 Å². The van der Waals surface area contributed by atoms with Crippen LogP contribution in [0.4, 0.5) is 0 Å². The number of aliphatic imine (C=N–C) groups is 1. The molecule has 0 saturated carbocycles. The van der Waals surface area contributed by atoms with Crippen LogP contribution < -0.4 is 0 Å². The maximum absolute atomic E-state index is 12.7. The predicted molar refractivity (Wildman–Crippen MR) is 107 cm³/mol. The van der Waals surface area contributed by atoms with E-state index in [-0.39, 0.29) is 11.9 Å². The van der Waals surface area contributed by atoms with Crippen LogP contribution in [0, 0.1) is 11.8 Å². The van der Waals surface area contributed by atoms with E-state index in [1.165, 1.54) is 7.11 Å². The van der Waals surface area contributed by atoms with Crippen molar-refractivity contribution in [2.45, 2.75) is 18.9 Å². The average Bonchev–Trinajstić information content (AvgIpc) is 2.76. The molecule has 2 bridgehead atoms. The van der Waals surface area contributed by atoms with Crippen molar-refractivity contribution in [3.8, 4) is 0 Å². The first kappa shape index (κ1) is 17.9. The molecule has 0 unspecified atom stereocenters. The quantitative estimate of drug-likeness (QED) is 0.605. The van der Waals surface area contributed by atoms with Crippen molar-refractivity contribution in [2.24, 2.45) is 16.8 Å². The monoisotopic (exact) mass is 362 g/mol. The van der Waals surface area contributed by atoms with Gasteiger partial charge in [0.05, 0.1) is 12.8 Å². The predicted octanol–water partition coefficient (Wildman–Crippen LogP) is 3.41. The molecule has 3 aliphatic rings. The number of ether oxygens (including phenoxy) is 1. The van der Waals surface area contributed by atoms with E-state index in [0.717, 1.165) is 49.3 Å². The third kappa shape index (κ3) is 3.81. The smallest absolute Gasteiger partial charge is 0.330 e. The number of nitrogens with zero attached hydrogens (tertiary/aromatic N) is 2. The Balaban J connectivity index is 1.76. The van der Waals surface area contributed by atoms with Crippen LogP contribution in [0.3, 0.4) is 0 Å². The molecule has 2 aromatic carbocycles. The molecular formula is C23H26N2O2. The highest BCUT2D eigenvalue weighted by Gasteiger charge is 2.42. The topological polar surface area (TPSA) is 41.9 Å². The lowest BCUT2D eigenvalue weighted by molar-refractivity contribution is -0.145. The molecule has 0 aliphatic carbocycles. The highest BCUT2D eigenvalue weighted by atomic mass is 16.5. The van der Waals surface area contributed by atoms with Crippen LogP contribution in [-0.2, 0) is 9.53 Å². The number of fused-ring (bicyclic) bond motifs is 3. The lowest BCUT2D eigenvalue weighted by Gasteiger charge is -2.46. The number of methoxy groups -OCH3 is 1. The number of benzene rings is 2. The summed E-state index contributed by atoms with van der Waals surface area (Å²) in [6, 6.07) is 19.8. The van der Waals surface area contributed by atoms with Gasteiger partial charge in [0.2, 0.25) is 0 Å². The van der Waals surface area contributed by atoms with Crippen LogP contribution >= 0.6 is 0 Å². The van der Waals surface area contributed by atoms with Crippen LogP contribution in [0.1, 0.15) is 24.0 Å². The second-order valence-electron chi connectivity index (χ2n) is 7.48. The minimum atomic E-state index is -0.460. The summed E-state index contributed by atoms with van der Waals surface area (Å²) in [6.07, 6.45) is 2.30. The summed E-state index contributed by atoms with van der Waals surface area (Å²) in [4.78, 5) is 20.2. The Labute approximate surface area is 160 Å². The summed E-state index contributed by atoms with van der Waals surface area (Å²) in [5.74, 6) is 0.552. The second-order valence-corrected chi connectivity index (χ2v) is 7.48. The zero-order chi connectivity index (χ0) is 18.6. The fraction of sp³-hybridized carbons (Fsp3) is 0.391. The Morgan fingerprint density at radius 1 is 1.00 bits per heavy atom. The lowest BCUT2D eigenvalue weighted by atomic mass is 9.75. The number of hydrogen-bond donors (Lipinski definition) is 0. The maximum atomic E-state index is 12.7. The van der Waals surface area contributed by atoms with Gasteiger partial charge in [0, 0.05) is 23.6 Å². The maximum Gasteiger partial charge on any atom is 0.330 e. The van der Waals surface area contributed by atoms with Gasteiger partial charge in [0.1, 0.15) is 0 Å². The molecule has 3 fully saturated rings. The van der Waals surface area contributed by atoms with Crippen LogP contribution in [0.25, 0.3) is 0 Å². The van der Waals surface area contributed by atoms with Gasteiger partial charge >= 0.3 is 5.97 Å². The largest absolute Gasteiger partial charge is 0.467 e. The second kappa shape index (κ2) is 8.05. The minimum absolute atomic E-state index is 0.224. The molecule has 5 rings (SSSR count). The molecule has 4 heteroatoms. The Morgan fingerprint density at radius 2 is 1.56 bits per heavy atom. The standard InChI is InChI=1S/C23H26N2O2/c1-27-23(26)22(20-16-25-14-12-17(20)13-15-25)24-21(18-8-4-2-5-9-18)19-10-6-3-7-11-19/h2-11,17,20,22H,12-16H2,1H3/t20-,22+/m0/s1. The SMILES string of the molecule is COC(=O)[C@H](N=C(c1ccccc1)c1ccccc1)[C@H]1CN2CCC1CC2. The Morgan fingerprint density at radius 3 is 2.00 bits per heavy atom. The zero-order valence-corrected chi connectivity index (χ0v) is 15.8. The van der Waals surface area contributed by atoms with E-state index in [9.17, 15) is 4.79 Å². The summed E-state index contributed by atoms with van der Waals surface area (Å²) in [6.45, 7) is 3.22. The highest BCUT2D eigenvalue weighted by molar-refractivity contribution is 6.13. The van der Waals surface area contributed by atoms with Crippen LogP contribution in [0.2, 0.25) is 0 Å². The van der Waals surface area contributed by atoms with Gasteiger partial charge in [-0.2, -0.15) is 0 Å². The fourth-order valence-corrected chi connectivity index (χ4v) is 4.46. The van der Waals surface area contributed by atoms with Crippen molar-refractivity contribution in [2.75, 3.05) is 26.7 Å². The molecule has 2 atom stereocenters. The molecule has 3 aliphatic heterocycles. The molecule has 27 heavy (non-hydrogen) atoms. The van der Waals surface area contributed by atoms with E-state index in [0.29, 0.717) is 5.92 Å². The summed E-state index contributed by atoms with van der Waals surface area (Å²) < 4.78 is 5.18. The average molecular weight is 362 g/mol. The number of carbonyl (C=O) groups is 1. The summed E-state index contributed by atoms with van der Waals surface area (Å²) in [5, 5.41) is 0. The molecule has 140 valence electrons. The molecule has 0 spiro atoms. The Hall–Kier alpha value is -2.46. The Kier molecular flexibility index (Phi) is 5.35. The molecule has 0 N–H and O–H groups in total. The molecule has 0 radical (unpaired) electrons. The van der Waals surface area contributed by atoms with Crippen molar-refractivity contribution in [3.63, 3.8) is 0 Å². The van der Waals surface area contributed by atoms with Crippen molar-refractivity contribution in [3.05, 3.63) is 71.8 Å². The first-order chi connectivity index (χ1) is 13.3. The van der Waals surface area contributed by atoms with Crippen LogP contribution in [0.15, 0.2) is 65.7 Å². The molecule has 4 nitrogen and oxygen atoms in total. The zero-order valence-electron chi connectivity index (χ0n) is 15.8. The summed E-state index contributed by atoms with van der Waals surface area (Å²) in [7, 11) is 1.47. The number of carbonyl (C=O) groups excluding carboxylic acids is 1. The highest BCUT2D eigenvalue weighted by Crippen LogP contribution is 2.36. The minimum Gasteiger partial charge on any atom is -0.467 e. The molecule has 0 amide bonds. The van der Waals surface area contributed by atoms with E-state index in [4.69, 9.17) is 9.73 Å². The molecule has 2 aromatic rings. The van der Waals surface area contributed by atoms with Gasteiger partial charge < -0.3 is 9.64 Å². The van der Waals surface area contributed by atoms with E-state index in [1.807, 2.05) is 36.4 Å². The third-order valence-electron chi connectivity index (χ3n) is 5.92. The van der Waals surface area contributed by atoms with Crippen molar-refractivity contribution < 1.29 is 9.53 Å². The summed E-state index contributed by atoms with van der Waals surface area (Å²) >= 11 is 0. The van der Waals surface area contributed by atoms with E-state index in [1.54, 1.807) is 0 Å². The van der Waals surface area contributed by atoms with Gasteiger partial charge in [0.25, 0.3) is 0 Å². The van der Waals surface area contributed by atoms with Gasteiger partial charge in [-0.3, -0.25) is 4.99 Å². The first-order valence-electron chi connectivity index (χ1n) is 9.75. The number of piperidine rings is 3. The fourth-order valence-electron chi connectivity index (χ4n) is 4.46. The van der Waals surface area contributed by atoms with Crippen molar-refractivity contribution in [1.29, 1.82) is 0 Å². The van der Waals surface area contributed by atoms with Crippen molar-refractivity contribution >= 4 is 11.7 Å². The van der Waals surface area contributed by atoms with Crippen LogP contribution in [-0.4, -0.2) is 49.4 Å². The molecule has 0 aromatic heterocycles. The molecule has 3 saturated heterocycles. The van der Waals surface area contributed by atoms with Gasteiger partial charge in [-0.15, -0.1) is 0 Å². The van der Waals surface area contributed by atoms with Gasteiger partial charge in [-0.05, 0) is 31.8 Å². The van der Waals surface area contributed by atoms with Crippen molar-refractivity contribution in [1.82, 2.24) is 4.90 Å². The summed E-state index contributed by atoms with van der Waals surface area (Å²) in [5.41, 5.74) is 2.92. The third-order valence-corrected chi connectivity index (χ3v) is 5.92. The first-order valence-corrected chi connectivity index (χ1v) is 9.75. The number of esters is 1. The van der Waals surface area contributed by atoms with Gasteiger partial charge in [-0.1, -0.05) is 60.7 Å².